The van der Waals surface area contributed by atoms with E-state index >= 15 is 0 Å². The van der Waals surface area contributed by atoms with Gasteiger partial charge in [0, 0.05) is 49.9 Å². The number of pyridine rings is 2. The molecule has 5 rings (SSSR count). The van der Waals surface area contributed by atoms with Gasteiger partial charge >= 0.3 is 0 Å². The van der Waals surface area contributed by atoms with Crippen LogP contribution in [0.4, 0.5) is 4.39 Å². The number of sulfone groups is 1. The molecule has 0 unspecified atom stereocenters. The van der Waals surface area contributed by atoms with Crippen molar-refractivity contribution in [2.75, 3.05) is 26.2 Å². The first-order valence-electron chi connectivity index (χ1n) is 11.7. The Hall–Kier alpha value is -3.69. The van der Waals surface area contributed by atoms with Gasteiger partial charge in [-0.25, -0.2) is 12.8 Å². The smallest absolute Gasteiger partial charge is 0.253 e. The Balaban J connectivity index is 1.21. The van der Waals surface area contributed by atoms with Gasteiger partial charge in [0.05, 0.1) is 28.1 Å². The highest BCUT2D eigenvalue weighted by atomic mass is 32.2. The van der Waals surface area contributed by atoms with Crippen LogP contribution in [-0.4, -0.2) is 60.3 Å². The lowest BCUT2D eigenvalue weighted by Crippen LogP contribution is -2.48. The van der Waals surface area contributed by atoms with Gasteiger partial charge in [-0.3, -0.25) is 19.7 Å². The van der Waals surface area contributed by atoms with E-state index in [-0.39, 0.29) is 22.4 Å². The lowest BCUT2D eigenvalue weighted by Gasteiger charge is -2.34. The molecular formula is C27H25FN4O3S. The van der Waals surface area contributed by atoms with Crippen molar-refractivity contribution in [2.45, 2.75) is 17.2 Å². The number of rotatable bonds is 6. The molecule has 7 nitrogen and oxygen atoms in total. The summed E-state index contributed by atoms with van der Waals surface area (Å²) in [5.74, 6) is -0.613. The Morgan fingerprint density at radius 3 is 2.36 bits per heavy atom. The standard InChI is InChI=1S/C27H25FN4O3S/c28-23-10-11-24(30-17-23)18-31-13-15-32(16-14-31)27(33)22-8-6-20(7-9-22)19-36(34,35)25-5-1-3-21-4-2-12-29-26(21)25/h1-12,17H,13-16,18-19H2. The van der Waals surface area contributed by atoms with Crippen LogP contribution in [0.25, 0.3) is 10.9 Å². The molecule has 2 aromatic heterocycles. The molecule has 0 spiro atoms. The van der Waals surface area contributed by atoms with E-state index in [1.54, 1.807) is 59.6 Å². The number of amides is 1. The third-order valence-corrected chi connectivity index (χ3v) is 8.04. The van der Waals surface area contributed by atoms with Crippen molar-refractivity contribution in [2.24, 2.45) is 0 Å². The summed E-state index contributed by atoms with van der Waals surface area (Å²) < 4.78 is 39.3. The van der Waals surface area contributed by atoms with Crippen LogP contribution in [0.1, 0.15) is 21.6 Å². The molecular weight excluding hydrogens is 479 g/mol. The van der Waals surface area contributed by atoms with E-state index in [1.165, 1.54) is 12.3 Å². The van der Waals surface area contributed by atoms with Crippen LogP contribution in [0.3, 0.4) is 0 Å². The molecule has 0 atom stereocenters. The molecule has 0 radical (unpaired) electrons. The number of nitrogens with zero attached hydrogens (tertiary/aromatic N) is 4. The van der Waals surface area contributed by atoms with E-state index in [9.17, 15) is 17.6 Å². The van der Waals surface area contributed by atoms with Gasteiger partial charge in [-0.2, -0.15) is 0 Å². The first kappa shape index (κ1) is 24.0. The Labute approximate surface area is 209 Å². The second-order valence-corrected chi connectivity index (χ2v) is 10.8. The van der Waals surface area contributed by atoms with E-state index in [2.05, 4.69) is 14.9 Å². The van der Waals surface area contributed by atoms with Crippen molar-refractivity contribution in [1.82, 2.24) is 19.8 Å². The molecule has 3 heterocycles. The molecule has 4 aromatic rings. The normalized spacial score (nSPS) is 14.8. The minimum absolute atomic E-state index is 0.0813. The Morgan fingerprint density at radius 1 is 0.889 bits per heavy atom. The fourth-order valence-corrected chi connectivity index (χ4v) is 5.93. The monoisotopic (exact) mass is 504 g/mol. The van der Waals surface area contributed by atoms with Gasteiger partial charge in [-0.1, -0.05) is 30.3 Å². The maximum atomic E-state index is 13.1. The van der Waals surface area contributed by atoms with Crippen LogP contribution in [-0.2, 0) is 22.1 Å². The molecule has 0 saturated carbocycles. The van der Waals surface area contributed by atoms with Gasteiger partial charge in [-0.05, 0) is 42.0 Å². The van der Waals surface area contributed by atoms with Gasteiger partial charge in [-0.15, -0.1) is 0 Å². The van der Waals surface area contributed by atoms with E-state index in [1.807, 2.05) is 12.1 Å². The zero-order chi connectivity index (χ0) is 25.1. The minimum Gasteiger partial charge on any atom is -0.336 e. The summed E-state index contributed by atoms with van der Waals surface area (Å²) in [4.78, 5) is 25.5. The third-order valence-electron chi connectivity index (χ3n) is 6.32. The van der Waals surface area contributed by atoms with Crippen LogP contribution in [0, 0.1) is 5.82 Å². The largest absolute Gasteiger partial charge is 0.336 e. The van der Waals surface area contributed by atoms with Gasteiger partial charge in [0.2, 0.25) is 0 Å². The van der Waals surface area contributed by atoms with Crippen LogP contribution in [0.5, 0.6) is 0 Å². The predicted octanol–water partition coefficient (Wildman–Crippen LogP) is 3.70. The molecule has 1 saturated heterocycles. The van der Waals surface area contributed by atoms with Crippen molar-refractivity contribution in [3.05, 3.63) is 102 Å². The number of aromatic nitrogens is 2. The molecule has 184 valence electrons. The number of piperazine rings is 1. The Morgan fingerprint density at radius 2 is 1.64 bits per heavy atom. The second-order valence-electron chi connectivity index (χ2n) is 8.82. The molecule has 1 aliphatic rings. The fraction of sp³-hybridized carbons (Fsp3) is 0.222. The van der Waals surface area contributed by atoms with Crippen molar-refractivity contribution in [1.29, 1.82) is 0 Å². The van der Waals surface area contributed by atoms with Crippen molar-refractivity contribution in [3.63, 3.8) is 0 Å². The van der Waals surface area contributed by atoms with Gasteiger partial charge in [0.1, 0.15) is 5.82 Å². The van der Waals surface area contributed by atoms with Crippen LogP contribution >= 0.6 is 0 Å². The number of hydrogen-bond acceptors (Lipinski definition) is 6. The molecule has 0 bridgehead atoms. The molecule has 9 heteroatoms. The average molecular weight is 505 g/mol. The topological polar surface area (TPSA) is 83.5 Å². The maximum Gasteiger partial charge on any atom is 0.253 e. The molecule has 2 aromatic carbocycles. The molecule has 0 aliphatic carbocycles. The number of benzene rings is 2. The van der Waals surface area contributed by atoms with Crippen LogP contribution < -0.4 is 0 Å². The molecule has 1 fully saturated rings. The highest BCUT2D eigenvalue weighted by Gasteiger charge is 2.23. The van der Waals surface area contributed by atoms with Crippen LogP contribution in [0.2, 0.25) is 0 Å². The third kappa shape index (κ3) is 5.27. The van der Waals surface area contributed by atoms with Gasteiger partial charge < -0.3 is 4.90 Å². The summed E-state index contributed by atoms with van der Waals surface area (Å²) in [6, 6.07) is 18.6. The highest BCUT2D eigenvalue weighted by Crippen LogP contribution is 2.24. The molecule has 1 aliphatic heterocycles. The summed E-state index contributed by atoms with van der Waals surface area (Å²) >= 11 is 0. The first-order valence-corrected chi connectivity index (χ1v) is 13.3. The zero-order valence-electron chi connectivity index (χ0n) is 19.5. The summed E-state index contributed by atoms with van der Waals surface area (Å²) in [6.45, 7) is 3.15. The number of hydrogen-bond donors (Lipinski definition) is 0. The SMILES string of the molecule is O=C(c1ccc(CS(=O)(=O)c2cccc3cccnc23)cc1)N1CCN(Cc2ccc(F)cn2)CC1. The summed E-state index contributed by atoms with van der Waals surface area (Å²) in [5.41, 5.74) is 2.38. The van der Waals surface area contributed by atoms with E-state index in [0.717, 1.165) is 11.1 Å². The highest BCUT2D eigenvalue weighted by molar-refractivity contribution is 7.90. The van der Waals surface area contributed by atoms with Crippen molar-refractivity contribution in [3.8, 4) is 0 Å². The Bertz CT molecular complexity index is 1480. The molecule has 0 N–H and O–H groups in total. The van der Waals surface area contributed by atoms with Crippen molar-refractivity contribution >= 4 is 26.6 Å². The number of para-hydroxylation sites is 1. The fourth-order valence-electron chi connectivity index (χ4n) is 4.39. The lowest BCUT2D eigenvalue weighted by atomic mass is 10.1. The summed E-state index contributed by atoms with van der Waals surface area (Å²) in [7, 11) is -3.62. The summed E-state index contributed by atoms with van der Waals surface area (Å²) in [6.07, 6.45) is 2.80. The second kappa shape index (κ2) is 10.1. The summed E-state index contributed by atoms with van der Waals surface area (Å²) in [5, 5.41) is 0.772. The molecule has 36 heavy (non-hydrogen) atoms. The van der Waals surface area contributed by atoms with Gasteiger partial charge in [0.25, 0.3) is 5.91 Å². The van der Waals surface area contributed by atoms with E-state index < -0.39 is 9.84 Å². The predicted molar refractivity (Wildman–Crippen MR) is 134 cm³/mol. The van der Waals surface area contributed by atoms with Crippen molar-refractivity contribution < 1.29 is 17.6 Å². The van der Waals surface area contributed by atoms with E-state index in [0.29, 0.717) is 49.4 Å². The number of carbonyl (C=O) groups is 1. The number of carbonyl (C=O) groups excluding carboxylic acids is 1. The zero-order valence-corrected chi connectivity index (χ0v) is 20.4. The van der Waals surface area contributed by atoms with Gasteiger partial charge in [0.15, 0.2) is 9.84 Å². The average Bonchev–Trinajstić information content (AvgIpc) is 2.90. The van der Waals surface area contributed by atoms with Crippen LogP contribution in [0.15, 0.2) is 84.0 Å². The maximum absolute atomic E-state index is 13.1. The first-order chi connectivity index (χ1) is 17.4. The quantitative estimate of drug-likeness (QED) is 0.398. The Kier molecular flexibility index (Phi) is 6.75. The number of fused-ring (bicyclic) bond motifs is 1. The minimum atomic E-state index is -3.62. The molecule has 1 amide bonds. The number of halogens is 1. The lowest BCUT2D eigenvalue weighted by molar-refractivity contribution is 0.0627. The van der Waals surface area contributed by atoms with E-state index in [4.69, 9.17) is 0 Å².